The second-order valence-electron chi connectivity index (χ2n) is 8.33. The molecule has 0 aliphatic carbocycles. The summed E-state index contributed by atoms with van der Waals surface area (Å²) in [6.45, 7) is 6.02. The van der Waals surface area contributed by atoms with Gasteiger partial charge in [-0.15, -0.1) is 0 Å². The number of hydrogen-bond acceptors (Lipinski definition) is 5. The van der Waals surface area contributed by atoms with Gasteiger partial charge in [0, 0.05) is 56.9 Å². The number of benzene rings is 1. The average molecular weight is 466 g/mol. The Kier molecular flexibility index (Phi) is 6.37. The van der Waals surface area contributed by atoms with Crippen LogP contribution in [-0.2, 0) is 21.4 Å². The van der Waals surface area contributed by atoms with Crippen molar-refractivity contribution in [2.45, 2.75) is 44.5 Å². The van der Waals surface area contributed by atoms with Crippen molar-refractivity contribution in [2.75, 3.05) is 31.1 Å². The first-order valence-corrected chi connectivity index (χ1v) is 13.0. The van der Waals surface area contributed by atoms with E-state index in [-0.39, 0.29) is 18.5 Å². The number of amides is 1. The maximum absolute atomic E-state index is 15.0. The van der Waals surface area contributed by atoms with Gasteiger partial charge in [0.25, 0.3) is 0 Å². The molecular formula is C22H28FN3O3S2. The molecule has 2 saturated heterocycles. The number of rotatable bonds is 4. The van der Waals surface area contributed by atoms with E-state index in [0.717, 1.165) is 17.7 Å². The third-order valence-electron chi connectivity index (χ3n) is 6.39. The van der Waals surface area contributed by atoms with Crippen molar-refractivity contribution in [3.05, 3.63) is 52.0 Å². The normalized spacial score (nSPS) is 24.4. The Hall–Kier alpha value is -1.97. The molecule has 1 amide bonds. The van der Waals surface area contributed by atoms with Crippen molar-refractivity contribution < 1.29 is 17.6 Å². The molecule has 2 fully saturated rings. The molecule has 2 unspecified atom stereocenters. The second kappa shape index (κ2) is 8.88. The van der Waals surface area contributed by atoms with Gasteiger partial charge in [-0.2, -0.15) is 15.6 Å². The van der Waals surface area contributed by atoms with Gasteiger partial charge in [-0.3, -0.25) is 4.79 Å². The van der Waals surface area contributed by atoms with E-state index in [2.05, 4.69) is 4.90 Å². The van der Waals surface area contributed by atoms with Crippen LogP contribution in [0.5, 0.6) is 0 Å². The second-order valence-corrected chi connectivity index (χ2v) is 11.2. The van der Waals surface area contributed by atoms with E-state index in [0.29, 0.717) is 38.2 Å². The van der Waals surface area contributed by atoms with E-state index in [1.165, 1.54) is 21.7 Å². The third-order valence-corrected chi connectivity index (χ3v) is 9.46. The van der Waals surface area contributed by atoms with Crippen LogP contribution in [0.25, 0.3) is 0 Å². The lowest BCUT2D eigenvalue weighted by molar-refractivity contribution is -0.129. The van der Waals surface area contributed by atoms with Crippen LogP contribution in [-0.4, -0.2) is 55.8 Å². The number of anilines is 1. The van der Waals surface area contributed by atoms with Crippen LogP contribution >= 0.6 is 11.3 Å². The SMILES string of the molecule is CC(=O)N1CCN(c2ccc(CN3C(C)CCC(c4ccsc4)S3(=O)=O)c(F)c2)CC1. The van der Waals surface area contributed by atoms with Gasteiger partial charge in [0.2, 0.25) is 15.9 Å². The van der Waals surface area contributed by atoms with Crippen LogP contribution in [0, 0.1) is 5.82 Å². The van der Waals surface area contributed by atoms with Gasteiger partial charge in [-0.05, 0) is 54.3 Å². The topological polar surface area (TPSA) is 60.9 Å². The van der Waals surface area contributed by atoms with Crippen molar-refractivity contribution in [3.8, 4) is 0 Å². The fourth-order valence-electron chi connectivity index (χ4n) is 4.45. The molecule has 2 atom stereocenters. The fourth-order valence-corrected chi connectivity index (χ4v) is 7.43. The molecule has 1 aromatic heterocycles. The van der Waals surface area contributed by atoms with Gasteiger partial charge >= 0.3 is 0 Å². The zero-order valence-electron chi connectivity index (χ0n) is 17.8. The van der Waals surface area contributed by atoms with Crippen molar-refractivity contribution >= 4 is 33.0 Å². The van der Waals surface area contributed by atoms with Crippen LogP contribution in [0.4, 0.5) is 10.1 Å². The van der Waals surface area contributed by atoms with Gasteiger partial charge in [0.1, 0.15) is 11.1 Å². The number of piperazine rings is 1. The fraction of sp³-hybridized carbons (Fsp3) is 0.500. The van der Waals surface area contributed by atoms with Crippen molar-refractivity contribution in [3.63, 3.8) is 0 Å². The van der Waals surface area contributed by atoms with E-state index in [1.807, 2.05) is 29.8 Å². The first kappa shape index (κ1) is 22.2. The maximum Gasteiger partial charge on any atom is 0.221 e. The minimum atomic E-state index is -3.57. The van der Waals surface area contributed by atoms with Crippen molar-refractivity contribution in [1.82, 2.24) is 9.21 Å². The summed E-state index contributed by atoms with van der Waals surface area (Å²) in [5.74, 6) is -0.342. The van der Waals surface area contributed by atoms with E-state index in [9.17, 15) is 13.2 Å². The highest BCUT2D eigenvalue weighted by atomic mass is 32.2. The molecule has 1 aromatic carbocycles. The highest BCUT2D eigenvalue weighted by Crippen LogP contribution is 2.39. The maximum atomic E-state index is 15.0. The Morgan fingerprint density at radius 2 is 1.90 bits per heavy atom. The first-order valence-electron chi connectivity index (χ1n) is 10.6. The minimum absolute atomic E-state index is 0.0361. The standard InChI is InChI=1S/C22H28FN3O3S2/c1-16-3-6-22(19-7-12-30-15-19)31(28,29)26(16)14-18-4-5-20(13-21(18)23)25-10-8-24(9-11-25)17(2)27/h4-5,7,12-13,15-16,22H,3,6,8-11,14H2,1-2H3. The summed E-state index contributed by atoms with van der Waals surface area (Å²) in [7, 11) is -3.57. The molecule has 6 nitrogen and oxygen atoms in total. The Morgan fingerprint density at radius 1 is 1.16 bits per heavy atom. The van der Waals surface area contributed by atoms with Crippen LogP contribution in [0.2, 0.25) is 0 Å². The van der Waals surface area contributed by atoms with E-state index < -0.39 is 21.1 Å². The molecule has 0 radical (unpaired) electrons. The molecule has 2 aliphatic heterocycles. The van der Waals surface area contributed by atoms with E-state index >= 15 is 4.39 Å². The Balaban J connectivity index is 1.50. The predicted octanol–water partition coefficient (Wildman–Crippen LogP) is 3.61. The lowest BCUT2D eigenvalue weighted by Gasteiger charge is -2.37. The van der Waals surface area contributed by atoms with Crippen LogP contribution in [0.15, 0.2) is 35.0 Å². The lowest BCUT2D eigenvalue weighted by atomic mass is 10.1. The molecule has 2 aliphatic rings. The molecule has 2 aromatic rings. The minimum Gasteiger partial charge on any atom is -0.368 e. The molecule has 0 bridgehead atoms. The first-order chi connectivity index (χ1) is 14.8. The molecule has 4 rings (SSSR count). The summed E-state index contributed by atoms with van der Waals surface area (Å²) in [6.07, 6.45) is 1.34. The van der Waals surface area contributed by atoms with Crippen LogP contribution in [0.3, 0.4) is 0 Å². The lowest BCUT2D eigenvalue weighted by Crippen LogP contribution is -2.48. The number of carbonyl (C=O) groups is 1. The predicted molar refractivity (Wildman–Crippen MR) is 121 cm³/mol. The summed E-state index contributed by atoms with van der Waals surface area (Å²) in [5.41, 5.74) is 1.96. The highest BCUT2D eigenvalue weighted by molar-refractivity contribution is 7.89. The van der Waals surface area contributed by atoms with Gasteiger partial charge in [0.15, 0.2) is 0 Å². The largest absolute Gasteiger partial charge is 0.368 e. The van der Waals surface area contributed by atoms with Gasteiger partial charge in [-0.25, -0.2) is 12.8 Å². The third kappa shape index (κ3) is 4.49. The molecule has 31 heavy (non-hydrogen) atoms. The molecule has 0 saturated carbocycles. The van der Waals surface area contributed by atoms with Gasteiger partial charge in [0.05, 0.1) is 0 Å². The Morgan fingerprint density at radius 3 is 2.52 bits per heavy atom. The molecule has 0 spiro atoms. The molecule has 0 N–H and O–H groups in total. The van der Waals surface area contributed by atoms with Gasteiger partial charge in [-0.1, -0.05) is 6.07 Å². The average Bonchev–Trinajstić information content (AvgIpc) is 3.26. The summed E-state index contributed by atoms with van der Waals surface area (Å²) in [6, 6.07) is 6.72. The quantitative estimate of drug-likeness (QED) is 0.692. The zero-order chi connectivity index (χ0) is 22.2. The monoisotopic (exact) mass is 465 g/mol. The number of hydrogen-bond donors (Lipinski definition) is 0. The molecule has 3 heterocycles. The number of sulfonamides is 1. The van der Waals surface area contributed by atoms with Crippen LogP contribution < -0.4 is 4.90 Å². The highest BCUT2D eigenvalue weighted by Gasteiger charge is 2.40. The van der Waals surface area contributed by atoms with E-state index in [4.69, 9.17) is 0 Å². The van der Waals surface area contributed by atoms with Crippen LogP contribution in [0.1, 0.15) is 43.1 Å². The number of carbonyl (C=O) groups excluding carboxylic acids is 1. The smallest absolute Gasteiger partial charge is 0.221 e. The molecule has 9 heteroatoms. The molecule has 168 valence electrons. The zero-order valence-corrected chi connectivity index (χ0v) is 19.5. The summed E-state index contributed by atoms with van der Waals surface area (Å²) in [5, 5.41) is 3.22. The summed E-state index contributed by atoms with van der Waals surface area (Å²) in [4.78, 5) is 15.3. The van der Waals surface area contributed by atoms with Crippen molar-refractivity contribution in [1.29, 1.82) is 0 Å². The molecular weight excluding hydrogens is 437 g/mol. The van der Waals surface area contributed by atoms with Gasteiger partial charge < -0.3 is 9.80 Å². The Bertz CT molecular complexity index is 1030. The van der Waals surface area contributed by atoms with E-state index in [1.54, 1.807) is 17.9 Å². The Labute approximate surface area is 187 Å². The summed E-state index contributed by atoms with van der Waals surface area (Å²) >= 11 is 1.49. The number of halogens is 1. The number of nitrogens with zero attached hydrogens (tertiary/aromatic N) is 3. The number of thiophene rings is 1. The summed E-state index contributed by atoms with van der Waals surface area (Å²) < 4.78 is 43.1. The van der Waals surface area contributed by atoms with Crippen molar-refractivity contribution in [2.24, 2.45) is 0 Å².